The Morgan fingerprint density at radius 3 is 2.81 bits per heavy atom. The van der Waals surface area contributed by atoms with E-state index in [-0.39, 0.29) is 10.5 Å². The molecule has 0 spiro atoms. The molecule has 3 rings (SSSR count). The number of ether oxygens (including phenoxy) is 1. The lowest BCUT2D eigenvalue weighted by atomic mass is 9.89. The highest BCUT2D eigenvalue weighted by Gasteiger charge is 2.26. The van der Waals surface area contributed by atoms with E-state index in [1.165, 1.54) is 22.9 Å². The summed E-state index contributed by atoms with van der Waals surface area (Å²) >= 11 is 0. The van der Waals surface area contributed by atoms with E-state index in [1.807, 2.05) is 0 Å². The topological polar surface area (TPSA) is 88.1 Å². The summed E-state index contributed by atoms with van der Waals surface area (Å²) in [6.07, 6.45) is 4.07. The van der Waals surface area contributed by atoms with Crippen molar-refractivity contribution in [2.75, 3.05) is 26.3 Å². The van der Waals surface area contributed by atoms with Crippen molar-refractivity contribution in [3.63, 3.8) is 0 Å². The Bertz CT molecular complexity index is 785. The number of sulfonamides is 1. The van der Waals surface area contributed by atoms with E-state index in [0.717, 1.165) is 25.0 Å². The van der Waals surface area contributed by atoms with Gasteiger partial charge in [0.25, 0.3) is 5.91 Å². The average Bonchev–Trinajstić information content (AvgIpc) is 2.67. The van der Waals surface area contributed by atoms with Gasteiger partial charge >= 0.3 is 0 Å². The van der Waals surface area contributed by atoms with Crippen LogP contribution in [0.3, 0.4) is 0 Å². The van der Waals surface area contributed by atoms with Crippen LogP contribution in [-0.2, 0) is 14.8 Å². The molecule has 0 aromatic heterocycles. The van der Waals surface area contributed by atoms with Gasteiger partial charge in [-0.15, -0.1) is 0 Å². The smallest absolute Gasteiger partial charge is 0.271 e. The molecule has 1 saturated heterocycles. The summed E-state index contributed by atoms with van der Waals surface area (Å²) in [6, 6.07) is 6.09. The number of rotatable bonds is 4. The average molecular weight is 379 g/mol. The van der Waals surface area contributed by atoms with Crippen molar-refractivity contribution < 1.29 is 17.9 Å². The second-order valence-corrected chi connectivity index (χ2v) is 8.80. The summed E-state index contributed by atoms with van der Waals surface area (Å²) in [5.74, 6) is 0.191. The second kappa shape index (κ2) is 8.28. The molecule has 2 aliphatic rings. The van der Waals surface area contributed by atoms with E-state index in [2.05, 4.69) is 17.5 Å². The second-order valence-electron chi connectivity index (χ2n) is 6.86. The Labute approximate surface area is 154 Å². The molecule has 7 nitrogen and oxygen atoms in total. The predicted octanol–water partition coefficient (Wildman–Crippen LogP) is 2.00. The summed E-state index contributed by atoms with van der Waals surface area (Å²) in [6.45, 7) is 3.59. The minimum absolute atomic E-state index is 0.117. The molecule has 2 fully saturated rings. The normalized spacial score (nSPS) is 23.7. The Kier molecular flexibility index (Phi) is 6.05. The first-order valence-electron chi connectivity index (χ1n) is 9.00. The minimum atomic E-state index is -3.62. The van der Waals surface area contributed by atoms with Crippen LogP contribution in [0.1, 0.15) is 43.0 Å². The van der Waals surface area contributed by atoms with Gasteiger partial charge in [0, 0.05) is 24.4 Å². The third-order valence-electron chi connectivity index (χ3n) is 4.77. The van der Waals surface area contributed by atoms with E-state index in [0.29, 0.717) is 32.2 Å². The first-order valence-corrected chi connectivity index (χ1v) is 10.4. The summed E-state index contributed by atoms with van der Waals surface area (Å²) in [5.41, 5.74) is 3.85. The monoisotopic (exact) mass is 379 g/mol. The van der Waals surface area contributed by atoms with E-state index in [1.54, 1.807) is 12.1 Å². The van der Waals surface area contributed by atoms with Crippen molar-refractivity contribution in [2.45, 2.75) is 37.5 Å². The molecular weight excluding hydrogens is 354 g/mol. The lowest BCUT2D eigenvalue weighted by molar-refractivity contribution is 0.0730. The van der Waals surface area contributed by atoms with Crippen LogP contribution < -0.4 is 5.43 Å². The quantitative estimate of drug-likeness (QED) is 0.811. The Morgan fingerprint density at radius 1 is 1.31 bits per heavy atom. The molecule has 8 heteroatoms. The minimum Gasteiger partial charge on any atom is -0.379 e. The van der Waals surface area contributed by atoms with Crippen molar-refractivity contribution in [1.29, 1.82) is 0 Å². The maximum Gasteiger partial charge on any atom is 0.271 e. The summed E-state index contributed by atoms with van der Waals surface area (Å²) in [5, 5.41) is 4.23. The van der Waals surface area contributed by atoms with Crippen LogP contribution in [0.25, 0.3) is 0 Å². The SMILES string of the molecule is C[C@H]1CCC/C(=N/NC(=O)c2cccc(S(=O)(=O)N3CCOCC3)c2)C1. The Balaban J connectivity index is 1.72. The van der Waals surface area contributed by atoms with Gasteiger partial charge in [0.05, 0.1) is 18.1 Å². The lowest BCUT2D eigenvalue weighted by Crippen LogP contribution is -2.40. The van der Waals surface area contributed by atoms with Gasteiger partial charge in [-0.05, 0) is 49.8 Å². The third kappa shape index (κ3) is 4.49. The summed E-state index contributed by atoms with van der Waals surface area (Å²) in [4.78, 5) is 12.5. The predicted molar refractivity (Wildman–Crippen MR) is 98.6 cm³/mol. The maximum absolute atomic E-state index is 12.7. The van der Waals surface area contributed by atoms with Crippen molar-refractivity contribution in [3.05, 3.63) is 29.8 Å². The molecule has 0 unspecified atom stereocenters. The molecule has 1 aliphatic carbocycles. The number of benzene rings is 1. The highest BCUT2D eigenvalue weighted by Crippen LogP contribution is 2.21. The van der Waals surface area contributed by atoms with Gasteiger partial charge in [0.1, 0.15) is 0 Å². The van der Waals surface area contributed by atoms with E-state index in [4.69, 9.17) is 4.74 Å². The fraction of sp³-hybridized carbons (Fsp3) is 0.556. The number of hydrazone groups is 1. The van der Waals surface area contributed by atoms with Crippen molar-refractivity contribution in [3.8, 4) is 0 Å². The largest absolute Gasteiger partial charge is 0.379 e. The van der Waals surface area contributed by atoms with Crippen LogP contribution in [0.15, 0.2) is 34.3 Å². The molecule has 0 radical (unpaired) electrons. The van der Waals surface area contributed by atoms with Gasteiger partial charge in [-0.3, -0.25) is 4.79 Å². The van der Waals surface area contributed by atoms with Gasteiger partial charge in [-0.1, -0.05) is 13.0 Å². The number of carbonyl (C=O) groups excluding carboxylic acids is 1. The Morgan fingerprint density at radius 2 is 2.08 bits per heavy atom. The van der Waals surface area contributed by atoms with Crippen LogP contribution in [-0.4, -0.2) is 50.6 Å². The molecule has 26 heavy (non-hydrogen) atoms. The van der Waals surface area contributed by atoms with Crippen molar-refractivity contribution in [2.24, 2.45) is 11.0 Å². The molecule has 1 atom stereocenters. The van der Waals surface area contributed by atoms with Gasteiger partial charge in [0.15, 0.2) is 0 Å². The molecular formula is C18H25N3O4S. The zero-order valence-electron chi connectivity index (χ0n) is 15.0. The molecule has 1 heterocycles. The molecule has 1 aromatic rings. The molecule has 142 valence electrons. The van der Waals surface area contributed by atoms with Crippen LogP contribution in [0.2, 0.25) is 0 Å². The number of hydrogen-bond acceptors (Lipinski definition) is 5. The number of carbonyl (C=O) groups is 1. The molecule has 1 aromatic carbocycles. The van der Waals surface area contributed by atoms with E-state index in [9.17, 15) is 13.2 Å². The van der Waals surface area contributed by atoms with Crippen LogP contribution >= 0.6 is 0 Å². The number of amides is 1. The van der Waals surface area contributed by atoms with Crippen LogP contribution in [0.4, 0.5) is 0 Å². The number of morpholine rings is 1. The first-order chi connectivity index (χ1) is 12.5. The van der Waals surface area contributed by atoms with Gasteiger partial charge in [-0.2, -0.15) is 9.41 Å². The fourth-order valence-corrected chi connectivity index (χ4v) is 4.75. The maximum atomic E-state index is 12.7. The molecule has 1 aliphatic heterocycles. The molecule has 1 amide bonds. The summed E-state index contributed by atoms with van der Waals surface area (Å²) < 4.78 is 32.0. The molecule has 0 bridgehead atoms. The first kappa shape index (κ1) is 19.0. The zero-order valence-corrected chi connectivity index (χ0v) is 15.8. The number of nitrogens with one attached hydrogen (secondary N) is 1. The van der Waals surface area contributed by atoms with Gasteiger partial charge < -0.3 is 4.74 Å². The van der Waals surface area contributed by atoms with E-state index < -0.39 is 15.9 Å². The fourth-order valence-electron chi connectivity index (χ4n) is 3.29. The highest BCUT2D eigenvalue weighted by atomic mass is 32.2. The molecule has 1 N–H and O–H groups in total. The van der Waals surface area contributed by atoms with Crippen molar-refractivity contribution >= 4 is 21.6 Å². The zero-order chi connectivity index (χ0) is 18.6. The summed E-state index contributed by atoms with van der Waals surface area (Å²) in [7, 11) is -3.62. The van der Waals surface area contributed by atoms with Crippen molar-refractivity contribution in [1.82, 2.24) is 9.73 Å². The van der Waals surface area contributed by atoms with Crippen LogP contribution in [0.5, 0.6) is 0 Å². The highest BCUT2D eigenvalue weighted by molar-refractivity contribution is 7.89. The Hall–Kier alpha value is -1.77. The lowest BCUT2D eigenvalue weighted by Gasteiger charge is -2.26. The number of hydrogen-bond donors (Lipinski definition) is 1. The van der Waals surface area contributed by atoms with Crippen LogP contribution in [0, 0.1) is 5.92 Å². The van der Waals surface area contributed by atoms with Gasteiger partial charge in [-0.25, -0.2) is 13.8 Å². The van der Waals surface area contributed by atoms with E-state index >= 15 is 0 Å². The van der Waals surface area contributed by atoms with Gasteiger partial charge in [0.2, 0.25) is 10.0 Å². The standard InChI is InChI=1S/C18H25N3O4S/c1-14-4-2-6-16(12-14)19-20-18(22)15-5-3-7-17(13-15)26(23,24)21-8-10-25-11-9-21/h3,5,7,13-14H,2,4,6,8-12H2,1H3,(H,20,22)/b19-16-/t14-/m0/s1. The molecule has 1 saturated carbocycles. The number of nitrogens with zero attached hydrogens (tertiary/aromatic N) is 2. The third-order valence-corrected chi connectivity index (χ3v) is 6.66.